The van der Waals surface area contributed by atoms with Gasteiger partial charge in [0.25, 0.3) is 5.91 Å². The number of aromatic nitrogens is 2. The normalized spacial score (nSPS) is 21.5. The van der Waals surface area contributed by atoms with Gasteiger partial charge in [0.2, 0.25) is 5.91 Å². The third kappa shape index (κ3) is 3.30. The summed E-state index contributed by atoms with van der Waals surface area (Å²) in [6.07, 6.45) is 5.26. The van der Waals surface area contributed by atoms with Crippen molar-refractivity contribution in [2.24, 2.45) is 0 Å². The quantitative estimate of drug-likeness (QED) is 0.794. The molecule has 8 heteroatoms. The van der Waals surface area contributed by atoms with Gasteiger partial charge < -0.3 is 10.2 Å². The predicted octanol–water partition coefficient (Wildman–Crippen LogP) is 0.0428. The Morgan fingerprint density at radius 3 is 2.91 bits per heavy atom. The van der Waals surface area contributed by atoms with Crippen LogP contribution in [0.5, 0.6) is 0 Å². The van der Waals surface area contributed by atoms with Gasteiger partial charge in [-0.2, -0.15) is 0 Å². The summed E-state index contributed by atoms with van der Waals surface area (Å²) in [5.41, 5.74) is 1.74. The summed E-state index contributed by atoms with van der Waals surface area (Å²) in [6, 6.07) is -0.499. The first-order valence-electron chi connectivity index (χ1n) is 7.69. The number of urea groups is 1. The number of carbonyl (C=O) groups is 3. The van der Waals surface area contributed by atoms with Crippen molar-refractivity contribution in [3.8, 4) is 0 Å². The molecule has 3 rings (SSSR count). The Morgan fingerprint density at radius 1 is 1.39 bits per heavy atom. The van der Waals surface area contributed by atoms with Gasteiger partial charge in [-0.15, -0.1) is 0 Å². The third-order valence-corrected chi connectivity index (χ3v) is 4.20. The molecule has 8 nitrogen and oxygen atoms in total. The molecule has 23 heavy (non-hydrogen) atoms. The highest BCUT2D eigenvalue weighted by atomic mass is 16.2. The van der Waals surface area contributed by atoms with E-state index in [0.29, 0.717) is 13.1 Å². The Labute approximate surface area is 133 Å². The number of aryl methyl sites for hydroxylation is 1. The summed E-state index contributed by atoms with van der Waals surface area (Å²) in [5, 5.41) is 2.42. The molecule has 0 saturated carbocycles. The highest BCUT2D eigenvalue weighted by Crippen LogP contribution is 2.25. The largest absolute Gasteiger partial charge is 0.340 e. The van der Waals surface area contributed by atoms with Gasteiger partial charge in [0, 0.05) is 31.4 Å². The van der Waals surface area contributed by atoms with Crippen molar-refractivity contribution in [3.63, 3.8) is 0 Å². The number of likely N-dealkylation sites (tertiary alicyclic amines) is 1. The molecule has 2 fully saturated rings. The lowest BCUT2D eigenvalue weighted by Gasteiger charge is -2.33. The Morgan fingerprint density at radius 2 is 2.22 bits per heavy atom. The lowest BCUT2D eigenvalue weighted by Crippen LogP contribution is -2.46. The summed E-state index contributed by atoms with van der Waals surface area (Å²) < 4.78 is 0. The average Bonchev–Trinajstić information content (AvgIpc) is 2.87. The van der Waals surface area contributed by atoms with Crippen LogP contribution in [0, 0.1) is 6.92 Å². The van der Waals surface area contributed by atoms with Crippen molar-refractivity contribution in [1.82, 2.24) is 25.1 Å². The number of nitrogens with zero attached hydrogens (tertiary/aromatic N) is 4. The molecular weight excluding hydrogens is 298 g/mol. The van der Waals surface area contributed by atoms with E-state index in [2.05, 4.69) is 15.3 Å². The van der Waals surface area contributed by atoms with Crippen LogP contribution in [0.15, 0.2) is 12.4 Å². The van der Waals surface area contributed by atoms with Crippen molar-refractivity contribution in [2.45, 2.75) is 25.7 Å². The fraction of sp³-hybridized carbons (Fsp3) is 0.533. The van der Waals surface area contributed by atoms with Gasteiger partial charge in [-0.3, -0.25) is 24.5 Å². The summed E-state index contributed by atoms with van der Waals surface area (Å²) in [7, 11) is 0. The monoisotopic (exact) mass is 317 g/mol. The first-order valence-corrected chi connectivity index (χ1v) is 7.69. The van der Waals surface area contributed by atoms with Crippen LogP contribution in [-0.2, 0) is 9.59 Å². The van der Waals surface area contributed by atoms with Gasteiger partial charge in [-0.1, -0.05) is 0 Å². The van der Waals surface area contributed by atoms with Crippen LogP contribution in [0.1, 0.15) is 30.1 Å². The fourth-order valence-corrected chi connectivity index (χ4v) is 2.98. The molecule has 2 aliphatic rings. The standard InChI is InChI=1S/C15H19N5O3/c1-10-5-16-6-12(18-10)11-3-2-4-19(8-11)14(22)9-20-13(21)7-17-15(20)23/h5-6,11H,2-4,7-9H2,1H3,(H,17,23)/t11-/m1/s1. The minimum Gasteiger partial charge on any atom is -0.340 e. The molecule has 0 spiro atoms. The summed E-state index contributed by atoms with van der Waals surface area (Å²) in [5.74, 6) is -0.426. The van der Waals surface area contributed by atoms with Crippen molar-refractivity contribution >= 4 is 17.8 Å². The number of imide groups is 1. The van der Waals surface area contributed by atoms with Crippen LogP contribution in [0.4, 0.5) is 4.79 Å². The third-order valence-electron chi connectivity index (χ3n) is 4.20. The van der Waals surface area contributed by atoms with Crippen LogP contribution < -0.4 is 5.32 Å². The molecule has 0 radical (unpaired) electrons. The molecule has 122 valence electrons. The fourth-order valence-electron chi connectivity index (χ4n) is 2.98. The van der Waals surface area contributed by atoms with Gasteiger partial charge >= 0.3 is 6.03 Å². The van der Waals surface area contributed by atoms with E-state index in [4.69, 9.17) is 0 Å². The maximum absolute atomic E-state index is 12.4. The zero-order valence-corrected chi connectivity index (χ0v) is 13.0. The van der Waals surface area contributed by atoms with E-state index in [9.17, 15) is 14.4 Å². The number of nitrogens with one attached hydrogen (secondary N) is 1. The number of hydrogen-bond acceptors (Lipinski definition) is 5. The van der Waals surface area contributed by atoms with E-state index in [1.807, 2.05) is 6.92 Å². The van der Waals surface area contributed by atoms with Crippen molar-refractivity contribution in [1.29, 1.82) is 0 Å². The van der Waals surface area contributed by atoms with Crippen molar-refractivity contribution in [2.75, 3.05) is 26.2 Å². The van der Waals surface area contributed by atoms with E-state index in [-0.39, 0.29) is 30.8 Å². The van der Waals surface area contributed by atoms with E-state index in [1.165, 1.54) is 0 Å². The zero-order valence-electron chi connectivity index (χ0n) is 13.0. The molecule has 0 bridgehead atoms. The van der Waals surface area contributed by atoms with Crippen LogP contribution in [0.3, 0.4) is 0 Å². The van der Waals surface area contributed by atoms with Crippen LogP contribution >= 0.6 is 0 Å². The molecule has 3 heterocycles. The molecule has 1 aromatic heterocycles. The maximum atomic E-state index is 12.4. The lowest BCUT2D eigenvalue weighted by atomic mass is 9.95. The van der Waals surface area contributed by atoms with Gasteiger partial charge in [0.1, 0.15) is 6.54 Å². The Kier molecular flexibility index (Phi) is 4.22. The van der Waals surface area contributed by atoms with E-state index in [1.54, 1.807) is 17.3 Å². The average molecular weight is 317 g/mol. The SMILES string of the molecule is Cc1cncc([C@@H]2CCCN(C(=O)CN3C(=O)CNC3=O)C2)n1. The number of piperidine rings is 1. The molecule has 2 saturated heterocycles. The second kappa shape index (κ2) is 6.31. The van der Waals surface area contributed by atoms with Gasteiger partial charge in [-0.25, -0.2) is 4.79 Å². The topological polar surface area (TPSA) is 95.5 Å². The number of rotatable bonds is 3. The van der Waals surface area contributed by atoms with Gasteiger partial charge in [0.05, 0.1) is 17.9 Å². The highest BCUT2D eigenvalue weighted by molar-refractivity contribution is 6.04. The Hall–Kier alpha value is -2.51. The Balaban J connectivity index is 1.65. The van der Waals surface area contributed by atoms with Gasteiger partial charge in [0.15, 0.2) is 0 Å². The number of hydrogen-bond donors (Lipinski definition) is 1. The van der Waals surface area contributed by atoms with Crippen LogP contribution in [0.25, 0.3) is 0 Å². The molecule has 0 unspecified atom stereocenters. The molecule has 1 aromatic rings. The predicted molar refractivity (Wildman–Crippen MR) is 80.4 cm³/mol. The van der Waals surface area contributed by atoms with E-state index >= 15 is 0 Å². The molecule has 2 aliphatic heterocycles. The highest BCUT2D eigenvalue weighted by Gasteiger charge is 2.33. The minimum absolute atomic E-state index is 0.0341. The number of carbonyl (C=O) groups excluding carboxylic acids is 3. The molecule has 1 atom stereocenters. The van der Waals surface area contributed by atoms with Gasteiger partial charge in [-0.05, 0) is 19.8 Å². The van der Waals surface area contributed by atoms with E-state index < -0.39 is 6.03 Å². The molecule has 0 aliphatic carbocycles. The molecule has 1 N–H and O–H groups in total. The maximum Gasteiger partial charge on any atom is 0.325 e. The van der Waals surface area contributed by atoms with Crippen molar-refractivity contribution < 1.29 is 14.4 Å². The second-order valence-electron chi connectivity index (χ2n) is 5.90. The Bertz CT molecular complexity index is 632. The van der Waals surface area contributed by atoms with Crippen molar-refractivity contribution in [3.05, 3.63) is 23.8 Å². The smallest absolute Gasteiger partial charge is 0.325 e. The molecule has 4 amide bonds. The second-order valence-corrected chi connectivity index (χ2v) is 5.90. The lowest BCUT2D eigenvalue weighted by molar-refractivity contribution is -0.137. The van der Waals surface area contributed by atoms with Crippen LogP contribution in [-0.4, -0.2) is 63.8 Å². The molecule has 0 aromatic carbocycles. The molecular formula is C15H19N5O3. The summed E-state index contributed by atoms with van der Waals surface area (Å²) in [4.78, 5) is 46.8. The minimum atomic E-state index is -0.499. The summed E-state index contributed by atoms with van der Waals surface area (Å²) >= 11 is 0. The zero-order chi connectivity index (χ0) is 16.4. The van der Waals surface area contributed by atoms with Crippen LogP contribution in [0.2, 0.25) is 0 Å². The number of amides is 4. The summed E-state index contributed by atoms with van der Waals surface area (Å²) in [6.45, 7) is 2.84. The van der Waals surface area contributed by atoms with E-state index in [0.717, 1.165) is 29.1 Å². The first-order chi connectivity index (χ1) is 11.0. The first kappa shape index (κ1) is 15.4.